The summed E-state index contributed by atoms with van der Waals surface area (Å²) in [6.07, 6.45) is 11.3. The van der Waals surface area contributed by atoms with Crippen LogP contribution in [0, 0.1) is 50.2 Å². The lowest BCUT2D eigenvalue weighted by Crippen LogP contribution is -2.63. The monoisotopic (exact) mass is 676 g/mol. The molecule has 0 aromatic heterocycles. The van der Waals surface area contributed by atoms with Crippen molar-refractivity contribution in [3.8, 4) is 0 Å². The first kappa shape index (κ1) is 34.6. The molecular formula is C38H51F3O5S. The largest absolute Gasteiger partial charge is 0.534 e. The Morgan fingerprint density at radius 3 is 2.21 bits per heavy atom. The number of hydrogen-bond acceptors (Lipinski definition) is 5. The van der Waals surface area contributed by atoms with Crippen molar-refractivity contribution in [2.24, 2.45) is 50.2 Å². The quantitative estimate of drug-likeness (QED) is 0.134. The van der Waals surface area contributed by atoms with Crippen molar-refractivity contribution in [3.05, 3.63) is 59.4 Å². The SMILES string of the molecule is CC1(C)CCC2(C(=O)OCc3ccccc3)CCC3(C)C(=CCC4C5(C)CC=C(OS(=O)(=O)C(F)(F)F)C(C)(C)C5CCC43C)C2C1. The number of carbonyl (C=O) groups excluding carboxylic acids is 1. The van der Waals surface area contributed by atoms with Gasteiger partial charge in [0.25, 0.3) is 0 Å². The molecule has 0 bridgehead atoms. The second-order valence-electron chi connectivity index (χ2n) is 17.4. The molecule has 47 heavy (non-hydrogen) atoms. The van der Waals surface area contributed by atoms with E-state index in [1.807, 2.05) is 44.2 Å². The standard InChI is InChI=1S/C38H51F3O5S/c1-32(2)19-21-37(31(42)45-24-25-11-9-8-10-12-25)22-20-35(6)26(27(37)23-32)13-14-29-34(5)17-16-30(46-47(43,44)38(39,40)41)33(3,4)28(34)15-18-36(29,35)7/h8-13,16,27-29H,14-15,17-24H2,1-7H3. The highest BCUT2D eigenvalue weighted by molar-refractivity contribution is 7.87. The maximum Gasteiger partial charge on any atom is 0.534 e. The van der Waals surface area contributed by atoms with Gasteiger partial charge in [0.1, 0.15) is 12.4 Å². The molecule has 6 rings (SSSR count). The number of benzene rings is 1. The van der Waals surface area contributed by atoms with Gasteiger partial charge in [-0.1, -0.05) is 90.4 Å². The number of hydrogen-bond donors (Lipinski definition) is 0. The summed E-state index contributed by atoms with van der Waals surface area (Å²) >= 11 is 0. The molecule has 0 amide bonds. The van der Waals surface area contributed by atoms with Crippen LogP contribution >= 0.6 is 0 Å². The third kappa shape index (κ3) is 5.13. The summed E-state index contributed by atoms with van der Waals surface area (Å²) in [6, 6.07) is 9.84. The summed E-state index contributed by atoms with van der Waals surface area (Å²) in [5.74, 6) is 0.0902. The number of fused-ring (bicyclic) bond motifs is 7. The molecule has 5 nitrogen and oxygen atoms in total. The topological polar surface area (TPSA) is 69.7 Å². The van der Waals surface area contributed by atoms with Crippen molar-refractivity contribution in [2.45, 2.75) is 118 Å². The van der Waals surface area contributed by atoms with E-state index < -0.39 is 26.5 Å². The van der Waals surface area contributed by atoms with Gasteiger partial charge < -0.3 is 8.92 Å². The first-order valence-electron chi connectivity index (χ1n) is 17.3. The van der Waals surface area contributed by atoms with Crippen LogP contribution in [0.1, 0.15) is 112 Å². The van der Waals surface area contributed by atoms with Crippen molar-refractivity contribution < 1.29 is 35.3 Å². The van der Waals surface area contributed by atoms with Crippen LogP contribution in [-0.4, -0.2) is 19.9 Å². The summed E-state index contributed by atoms with van der Waals surface area (Å²) in [4.78, 5) is 14.2. The Labute approximate surface area is 278 Å². The van der Waals surface area contributed by atoms with Crippen LogP contribution in [0.25, 0.3) is 0 Å². The summed E-state index contributed by atoms with van der Waals surface area (Å²) in [7, 11) is -5.76. The highest BCUT2D eigenvalue weighted by Crippen LogP contribution is 2.75. The molecule has 7 atom stereocenters. The molecule has 7 unspecified atom stereocenters. The van der Waals surface area contributed by atoms with E-state index >= 15 is 0 Å². The normalized spacial score (nSPS) is 39.1. The Balaban J connectivity index is 1.35. The summed E-state index contributed by atoms with van der Waals surface area (Å²) in [5.41, 5.74) is -4.98. The average Bonchev–Trinajstić information content (AvgIpc) is 2.97. The number of halogens is 3. The fraction of sp³-hybridized carbons (Fsp3) is 0.711. The molecule has 1 aromatic rings. The molecule has 0 radical (unpaired) electrons. The highest BCUT2D eigenvalue weighted by Gasteiger charge is 2.69. The van der Waals surface area contributed by atoms with Crippen LogP contribution in [-0.2, 0) is 30.4 Å². The van der Waals surface area contributed by atoms with E-state index in [0.29, 0.717) is 6.42 Å². The Morgan fingerprint density at radius 1 is 0.894 bits per heavy atom. The third-order valence-electron chi connectivity index (χ3n) is 14.2. The van der Waals surface area contributed by atoms with Crippen molar-refractivity contribution in [1.29, 1.82) is 0 Å². The van der Waals surface area contributed by atoms with Gasteiger partial charge in [-0.2, -0.15) is 21.6 Å². The molecule has 1 aromatic carbocycles. The van der Waals surface area contributed by atoms with Gasteiger partial charge >= 0.3 is 21.6 Å². The summed E-state index contributed by atoms with van der Waals surface area (Å²) in [5, 5.41) is 0. The van der Waals surface area contributed by atoms with Gasteiger partial charge in [0.2, 0.25) is 0 Å². The van der Waals surface area contributed by atoms with E-state index in [4.69, 9.17) is 8.92 Å². The van der Waals surface area contributed by atoms with Crippen LogP contribution in [0.3, 0.4) is 0 Å². The molecule has 0 heterocycles. The molecule has 3 saturated carbocycles. The minimum Gasteiger partial charge on any atom is -0.460 e. The van der Waals surface area contributed by atoms with Gasteiger partial charge in [-0.15, -0.1) is 0 Å². The minimum absolute atomic E-state index is 0.0562. The number of carbonyl (C=O) groups is 1. The maximum atomic E-state index is 14.2. The van der Waals surface area contributed by atoms with Gasteiger partial charge in [-0.05, 0) is 109 Å². The van der Waals surface area contributed by atoms with Crippen molar-refractivity contribution in [3.63, 3.8) is 0 Å². The number of alkyl halides is 3. The van der Waals surface area contributed by atoms with Crippen molar-refractivity contribution in [2.75, 3.05) is 0 Å². The second-order valence-corrected chi connectivity index (χ2v) is 18.9. The predicted octanol–water partition coefficient (Wildman–Crippen LogP) is 9.89. The number of ether oxygens (including phenoxy) is 1. The Morgan fingerprint density at radius 2 is 1.55 bits per heavy atom. The van der Waals surface area contributed by atoms with Crippen LogP contribution < -0.4 is 0 Å². The molecule has 0 aliphatic heterocycles. The minimum atomic E-state index is -5.76. The lowest BCUT2D eigenvalue weighted by atomic mass is 9.34. The van der Waals surface area contributed by atoms with Gasteiger partial charge in [-0.3, -0.25) is 4.79 Å². The lowest BCUT2D eigenvalue weighted by molar-refractivity contribution is -0.184. The predicted molar refractivity (Wildman–Crippen MR) is 175 cm³/mol. The zero-order valence-corrected chi connectivity index (χ0v) is 29.7. The first-order chi connectivity index (χ1) is 21.6. The molecule has 0 N–H and O–H groups in total. The molecule has 3 fully saturated rings. The summed E-state index contributed by atoms with van der Waals surface area (Å²) < 4.78 is 75.0. The van der Waals surface area contributed by atoms with Crippen molar-refractivity contribution in [1.82, 2.24) is 0 Å². The molecule has 5 aliphatic rings. The van der Waals surface area contributed by atoms with Crippen molar-refractivity contribution >= 4 is 16.1 Å². The van der Waals surface area contributed by atoms with Crippen LogP contribution in [0.15, 0.2) is 53.8 Å². The first-order valence-corrected chi connectivity index (χ1v) is 18.7. The molecule has 0 saturated heterocycles. The fourth-order valence-corrected chi connectivity index (χ4v) is 12.0. The summed E-state index contributed by atoms with van der Waals surface area (Å²) in [6.45, 7) is 15.6. The average molecular weight is 677 g/mol. The Hall–Kier alpha value is -2.29. The Kier molecular flexibility index (Phi) is 7.98. The third-order valence-corrected chi connectivity index (χ3v) is 15.2. The van der Waals surface area contributed by atoms with Gasteiger partial charge in [-0.25, -0.2) is 0 Å². The smallest absolute Gasteiger partial charge is 0.460 e. The Bertz CT molecular complexity index is 1590. The van der Waals surface area contributed by atoms with Gasteiger partial charge in [0.05, 0.1) is 5.41 Å². The maximum absolute atomic E-state index is 14.2. The number of allylic oxidation sites excluding steroid dienone is 4. The lowest BCUT2D eigenvalue weighted by Gasteiger charge is -2.70. The van der Waals surface area contributed by atoms with Gasteiger partial charge in [0, 0.05) is 5.41 Å². The molecule has 9 heteroatoms. The highest BCUT2D eigenvalue weighted by atomic mass is 32.2. The van der Waals surface area contributed by atoms with E-state index in [1.54, 1.807) is 6.08 Å². The van der Waals surface area contributed by atoms with Gasteiger partial charge in [0.15, 0.2) is 0 Å². The molecule has 260 valence electrons. The van der Waals surface area contributed by atoms with Crippen LogP contribution in [0.4, 0.5) is 13.2 Å². The molecule has 0 spiro atoms. The zero-order chi connectivity index (χ0) is 34.5. The second kappa shape index (κ2) is 10.9. The van der Waals surface area contributed by atoms with Crippen LogP contribution in [0.5, 0.6) is 0 Å². The zero-order valence-electron chi connectivity index (χ0n) is 28.9. The fourth-order valence-electron chi connectivity index (χ4n) is 11.4. The van der Waals surface area contributed by atoms with Crippen LogP contribution in [0.2, 0.25) is 0 Å². The van der Waals surface area contributed by atoms with E-state index in [1.165, 1.54) is 5.57 Å². The van der Waals surface area contributed by atoms with E-state index in [-0.39, 0.29) is 57.7 Å². The molecular weight excluding hydrogens is 625 g/mol. The van der Waals surface area contributed by atoms with E-state index in [9.17, 15) is 26.4 Å². The van der Waals surface area contributed by atoms with E-state index in [0.717, 1.165) is 56.9 Å². The number of esters is 1. The van der Waals surface area contributed by atoms with E-state index in [2.05, 4.69) is 40.7 Å². The number of rotatable bonds is 5. The molecule has 5 aliphatic carbocycles.